The van der Waals surface area contributed by atoms with Gasteiger partial charge in [0.1, 0.15) is 11.9 Å². The molecular formula is C15H21N3O2. The average molecular weight is 275 g/mol. The Morgan fingerprint density at radius 2 is 2.00 bits per heavy atom. The van der Waals surface area contributed by atoms with Crippen molar-refractivity contribution in [3.05, 3.63) is 24.5 Å². The molecule has 1 aromatic rings. The number of rotatable bonds is 3. The van der Waals surface area contributed by atoms with E-state index in [1.165, 1.54) is 0 Å². The molecule has 0 saturated carbocycles. The number of aromatic nitrogens is 1. The van der Waals surface area contributed by atoms with Gasteiger partial charge in [-0.05, 0) is 31.9 Å². The maximum atomic E-state index is 12.1. The molecule has 2 unspecified atom stereocenters. The first-order valence-electron chi connectivity index (χ1n) is 7.40. The molecule has 5 nitrogen and oxygen atoms in total. The maximum Gasteiger partial charge on any atom is 0.317 e. The molecule has 1 aromatic heterocycles. The van der Waals surface area contributed by atoms with Crippen LogP contribution in [0.15, 0.2) is 24.5 Å². The minimum atomic E-state index is 0.0855. The number of nitrogens with zero attached hydrogens (tertiary/aromatic N) is 2. The van der Waals surface area contributed by atoms with Crippen LogP contribution in [0.5, 0.6) is 5.75 Å². The second kappa shape index (κ2) is 5.69. The van der Waals surface area contributed by atoms with Crippen LogP contribution in [-0.4, -0.2) is 40.6 Å². The number of urea groups is 1. The van der Waals surface area contributed by atoms with Crippen LogP contribution in [0.1, 0.15) is 32.6 Å². The third-order valence-electron chi connectivity index (χ3n) is 4.20. The highest BCUT2D eigenvalue weighted by Crippen LogP contribution is 2.37. The lowest BCUT2D eigenvalue weighted by Crippen LogP contribution is -2.52. The van der Waals surface area contributed by atoms with E-state index in [-0.39, 0.29) is 12.1 Å². The van der Waals surface area contributed by atoms with E-state index in [1.807, 2.05) is 24.0 Å². The fraction of sp³-hybridized carbons (Fsp3) is 0.600. The van der Waals surface area contributed by atoms with E-state index in [0.29, 0.717) is 18.6 Å². The molecule has 2 aliphatic heterocycles. The van der Waals surface area contributed by atoms with Gasteiger partial charge in [-0.25, -0.2) is 4.79 Å². The number of carbonyl (C=O) groups excluding carboxylic acids is 1. The minimum absolute atomic E-state index is 0.0855. The van der Waals surface area contributed by atoms with Crippen molar-refractivity contribution < 1.29 is 9.53 Å². The van der Waals surface area contributed by atoms with Crippen LogP contribution >= 0.6 is 0 Å². The van der Waals surface area contributed by atoms with Crippen molar-refractivity contribution in [2.45, 2.75) is 50.8 Å². The summed E-state index contributed by atoms with van der Waals surface area (Å²) in [4.78, 5) is 18.1. The van der Waals surface area contributed by atoms with E-state index >= 15 is 0 Å². The third-order valence-corrected chi connectivity index (χ3v) is 4.20. The molecule has 0 aromatic carbocycles. The average Bonchev–Trinajstić information content (AvgIpc) is 2.72. The summed E-state index contributed by atoms with van der Waals surface area (Å²) in [5.74, 6) is 0.871. The number of nitrogens with one attached hydrogen (secondary N) is 1. The lowest BCUT2D eigenvalue weighted by Gasteiger charge is -2.38. The van der Waals surface area contributed by atoms with E-state index in [2.05, 4.69) is 10.3 Å². The highest BCUT2D eigenvalue weighted by molar-refractivity contribution is 5.75. The molecule has 0 spiro atoms. The zero-order valence-electron chi connectivity index (χ0n) is 11.8. The Hall–Kier alpha value is -1.78. The molecule has 2 aliphatic rings. The van der Waals surface area contributed by atoms with Gasteiger partial charge in [-0.2, -0.15) is 0 Å². The zero-order chi connectivity index (χ0) is 13.9. The standard InChI is InChI=1S/C15H21N3O2/c1-2-17-15(19)18-11-3-4-12(18)10-14(9-11)20-13-5-7-16-8-6-13/h5-8,11-12,14H,2-4,9-10H2,1H3,(H,17,19). The second-order valence-electron chi connectivity index (χ2n) is 5.52. The van der Waals surface area contributed by atoms with E-state index in [0.717, 1.165) is 31.4 Å². The quantitative estimate of drug-likeness (QED) is 0.920. The number of pyridine rings is 1. The molecule has 0 aliphatic carbocycles. The van der Waals surface area contributed by atoms with Crippen LogP contribution in [0.25, 0.3) is 0 Å². The Balaban J connectivity index is 1.63. The molecule has 0 radical (unpaired) electrons. The van der Waals surface area contributed by atoms with Gasteiger partial charge in [-0.1, -0.05) is 0 Å². The Morgan fingerprint density at radius 3 is 2.60 bits per heavy atom. The normalized spacial score (nSPS) is 28.2. The van der Waals surface area contributed by atoms with Crippen LogP contribution in [0, 0.1) is 0 Å². The van der Waals surface area contributed by atoms with Crippen LogP contribution in [0.4, 0.5) is 4.79 Å². The summed E-state index contributed by atoms with van der Waals surface area (Å²) in [7, 11) is 0. The molecule has 2 amide bonds. The molecule has 2 fully saturated rings. The van der Waals surface area contributed by atoms with Crippen LogP contribution in [0.2, 0.25) is 0 Å². The van der Waals surface area contributed by atoms with Crippen molar-refractivity contribution in [2.75, 3.05) is 6.54 Å². The number of fused-ring (bicyclic) bond motifs is 2. The smallest absolute Gasteiger partial charge is 0.317 e. The number of ether oxygens (including phenoxy) is 1. The number of piperidine rings is 1. The number of hydrogen-bond acceptors (Lipinski definition) is 3. The highest BCUT2D eigenvalue weighted by Gasteiger charge is 2.43. The van der Waals surface area contributed by atoms with Gasteiger partial charge >= 0.3 is 6.03 Å². The molecule has 2 saturated heterocycles. The highest BCUT2D eigenvalue weighted by atomic mass is 16.5. The number of carbonyl (C=O) groups is 1. The summed E-state index contributed by atoms with van der Waals surface area (Å²) in [6.07, 6.45) is 7.74. The van der Waals surface area contributed by atoms with Crippen molar-refractivity contribution in [1.82, 2.24) is 15.2 Å². The van der Waals surface area contributed by atoms with E-state index in [1.54, 1.807) is 12.4 Å². The first kappa shape index (κ1) is 13.2. The van der Waals surface area contributed by atoms with Crippen molar-refractivity contribution in [2.24, 2.45) is 0 Å². The van der Waals surface area contributed by atoms with Gasteiger partial charge < -0.3 is 15.0 Å². The summed E-state index contributed by atoms with van der Waals surface area (Å²) in [5.41, 5.74) is 0. The predicted molar refractivity (Wildman–Crippen MR) is 75.6 cm³/mol. The Morgan fingerprint density at radius 1 is 1.35 bits per heavy atom. The molecule has 20 heavy (non-hydrogen) atoms. The van der Waals surface area contributed by atoms with Crippen molar-refractivity contribution in [3.8, 4) is 5.75 Å². The van der Waals surface area contributed by atoms with Crippen LogP contribution in [0.3, 0.4) is 0 Å². The van der Waals surface area contributed by atoms with Gasteiger partial charge in [0.25, 0.3) is 0 Å². The van der Waals surface area contributed by atoms with E-state index < -0.39 is 0 Å². The van der Waals surface area contributed by atoms with Gasteiger partial charge in [0.15, 0.2) is 0 Å². The molecule has 5 heteroatoms. The molecule has 108 valence electrons. The maximum absolute atomic E-state index is 12.1. The molecule has 3 heterocycles. The number of amides is 2. The second-order valence-corrected chi connectivity index (χ2v) is 5.52. The van der Waals surface area contributed by atoms with Crippen molar-refractivity contribution in [3.63, 3.8) is 0 Å². The lowest BCUT2D eigenvalue weighted by atomic mass is 10.00. The lowest BCUT2D eigenvalue weighted by molar-refractivity contribution is 0.0689. The first-order chi connectivity index (χ1) is 9.78. The zero-order valence-corrected chi connectivity index (χ0v) is 11.8. The van der Waals surface area contributed by atoms with Gasteiger partial charge in [0.2, 0.25) is 0 Å². The minimum Gasteiger partial charge on any atom is -0.490 e. The van der Waals surface area contributed by atoms with Gasteiger partial charge in [0.05, 0.1) is 0 Å². The Bertz CT molecular complexity index is 451. The van der Waals surface area contributed by atoms with Crippen molar-refractivity contribution >= 4 is 6.03 Å². The van der Waals surface area contributed by atoms with E-state index in [9.17, 15) is 4.79 Å². The first-order valence-corrected chi connectivity index (χ1v) is 7.40. The summed E-state index contributed by atoms with van der Waals surface area (Å²) in [6, 6.07) is 4.51. The Labute approximate surface area is 119 Å². The Kier molecular flexibility index (Phi) is 3.76. The van der Waals surface area contributed by atoms with Crippen molar-refractivity contribution in [1.29, 1.82) is 0 Å². The van der Waals surface area contributed by atoms with Crippen LogP contribution in [-0.2, 0) is 0 Å². The summed E-state index contributed by atoms with van der Waals surface area (Å²) < 4.78 is 6.03. The van der Waals surface area contributed by atoms with Gasteiger partial charge in [-0.15, -0.1) is 0 Å². The number of hydrogen-bond donors (Lipinski definition) is 1. The summed E-state index contributed by atoms with van der Waals surface area (Å²) in [6.45, 7) is 2.64. The molecular weight excluding hydrogens is 254 g/mol. The fourth-order valence-electron chi connectivity index (χ4n) is 3.41. The third kappa shape index (κ3) is 2.57. The molecule has 2 bridgehead atoms. The van der Waals surface area contributed by atoms with E-state index in [4.69, 9.17) is 4.74 Å². The molecule has 1 N–H and O–H groups in total. The monoisotopic (exact) mass is 275 g/mol. The fourth-order valence-corrected chi connectivity index (χ4v) is 3.41. The van der Waals surface area contributed by atoms with Gasteiger partial charge in [0, 0.05) is 43.9 Å². The summed E-state index contributed by atoms with van der Waals surface area (Å²) in [5, 5.41) is 2.92. The van der Waals surface area contributed by atoms with Crippen LogP contribution < -0.4 is 10.1 Å². The van der Waals surface area contributed by atoms with Gasteiger partial charge in [-0.3, -0.25) is 4.98 Å². The largest absolute Gasteiger partial charge is 0.490 e. The molecule has 2 atom stereocenters. The molecule has 3 rings (SSSR count). The summed E-state index contributed by atoms with van der Waals surface area (Å²) >= 11 is 0. The topological polar surface area (TPSA) is 54.5 Å². The predicted octanol–water partition coefficient (Wildman–Crippen LogP) is 2.19. The SMILES string of the molecule is CCNC(=O)N1C2CCC1CC(Oc1ccncc1)C2.